The van der Waals surface area contributed by atoms with E-state index in [1.807, 2.05) is 12.1 Å². The van der Waals surface area contributed by atoms with E-state index in [0.717, 1.165) is 18.0 Å². The second kappa shape index (κ2) is 7.80. The highest BCUT2D eigenvalue weighted by molar-refractivity contribution is 7.91. The molecule has 1 fully saturated rings. The van der Waals surface area contributed by atoms with Gasteiger partial charge in [-0.1, -0.05) is 6.07 Å². The molecule has 0 saturated heterocycles. The van der Waals surface area contributed by atoms with Gasteiger partial charge in [0.15, 0.2) is 0 Å². The zero-order valence-corrected chi connectivity index (χ0v) is 16.8. The molecule has 0 spiro atoms. The maximum atomic E-state index is 12.6. The predicted octanol–water partition coefficient (Wildman–Crippen LogP) is 3.42. The van der Waals surface area contributed by atoms with Crippen LogP contribution in [0.1, 0.15) is 17.9 Å². The molecular formula is C20H17F3N4O3S. The third-order valence-electron chi connectivity index (χ3n) is 4.93. The molecule has 1 saturated carbocycles. The van der Waals surface area contributed by atoms with Crippen molar-refractivity contribution in [2.24, 2.45) is 5.92 Å². The number of halogens is 3. The Kier molecular flexibility index (Phi) is 5.29. The highest BCUT2D eigenvalue weighted by atomic mass is 32.2. The first-order valence-electron chi connectivity index (χ1n) is 9.29. The smallest absolute Gasteiger partial charge is 0.326 e. The molecule has 3 aromatic rings. The number of alkyl halides is 3. The average Bonchev–Trinajstić information content (AvgIpc) is 3.40. The fraction of sp³-hybridized carbons (Fsp3) is 0.250. The first kappa shape index (κ1) is 21.0. The van der Waals surface area contributed by atoms with Gasteiger partial charge in [-0.3, -0.25) is 14.5 Å². The normalized spacial score (nSPS) is 18.5. The van der Waals surface area contributed by atoms with Gasteiger partial charge in [-0.15, -0.1) is 0 Å². The van der Waals surface area contributed by atoms with E-state index in [1.165, 1.54) is 24.3 Å². The fourth-order valence-corrected chi connectivity index (χ4v) is 4.50. The van der Waals surface area contributed by atoms with E-state index < -0.39 is 22.6 Å². The minimum atomic E-state index is -4.51. The zero-order chi connectivity index (χ0) is 22.2. The molecule has 7 nitrogen and oxygen atoms in total. The van der Waals surface area contributed by atoms with Gasteiger partial charge < -0.3 is 5.32 Å². The molecule has 31 heavy (non-hydrogen) atoms. The molecule has 0 aliphatic heterocycles. The number of anilines is 1. The number of benzene rings is 1. The van der Waals surface area contributed by atoms with Gasteiger partial charge in [0, 0.05) is 30.2 Å². The fourth-order valence-electron chi connectivity index (χ4n) is 3.29. The highest BCUT2D eigenvalue weighted by Crippen LogP contribution is 2.47. The van der Waals surface area contributed by atoms with Crippen LogP contribution in [0.4, 0.5) is 18.9 Å². The Labute approximate surface area is 175 Å². The molecule has 0 bridgehead atoms. The van der Waals surface area contributed by atoms with Crippen molar-refractivity contribution in [2.75, 3.05) is 5.32 Å². The van der Waals surface area contributed by atoms with Gasteiger partial charge in [0.25, 0.3) is 0 Å². The van der Waals surface area contributed by atoms with E-state index in [0.29, 0.717) is 16.8 Å². The van der Waals surface area contributed by atoms with Crippen LogP contribution >= 0.6 is 0 Å². The number of hydrogen-bond donors (Lipinski definition) is 1. The molecular weight excluding hydrogens is 433 g/mol. The third kappa shape index (κ3) is 4.76. The van der Waals surface area contributed by atoms with Gasteiger partial charge in [-0.25, -0.2) is 8.42 Å². The first-order valence-corrected chi connectivity index (χ1v) is 10.8. The number of aromatic nitrogens is 3. The molecule has 0 radical (unpaired) electrons. The van der Waals surface area contributed by atoms with Crippen LogP contribution in [0.15, 0.2) is 71.0 Å². The maximum Gasteiger partial charge on any atom is 0.408 e. The van der Waals surface area contributed by atoms with E-state index in [2.05, 4.69) is 15.4 Å². The minimum Gasteiger partial charge on any atom is -0.326 e. The maximum absolute atomic E-state index is 12.6. The lowest BCUT2D eigenvalue weighted by atomic mass is 10.1. The van der Waals surface area contributed by atoms with E-state index in [9.17, 15) is 26.4 Å². The second-order valence-electron chi connectivity index (χ2n) is 7.24. The van der Waals surface area contributed by atoms with E-state index in [-0.39, 0.29) is 27.5 Å². The Morgan fingerprint density at radius 2 is 1.87 bits per heavy atom. The summed E-state index contributed by atoms with van der Waals surface area (Å²) in [6.45, 7) is -1.38. The number of sulfone groups is 1. The number of nitrogens with zero attached hydrogens (tertiary/aromatic N) is 3. The van der Waals surface area contributed by atoms with Gasteiger partial charge in [0.2, 0.25) is 15.7 Å². The van der Waals surface area contributed by atoms with Gasteiger partial charge in [0.1, 0.15) is 11.4 Å². The topological polar surface area (TPSA) is 94.0 Å². The Balaban J connectivity index is 1.42. The largest absolute Gasteiger partial charge is 0.408 e. The number of nitrogens with one attached hydrogen (secondary N) is 1. The third-order valence-corrected chi connectivity index (χ3v) is 6.66. The van der Waals surface area contributed by atoms with Crippen molar-refractivity contribution in [3.8, 4) is 0 Å². The molecule has 2 atom stereocenters. The van der Waals surface area contributed by atoms with Crippen LogP contribution in [0.5, 0.6) is 0 Å². The van der Waals surface area contributed by atoms with Crippen molar-refractivity contribution in [3.63, 3.8) is 0 Å². The molecule has 2 unspecified atom stereocenters. The number of pyridine rings is 1. The Morgan fingerprint density at radius 1 is 1.13 bits per heavy atom. The molecule has 1 amide bonds. The van der Waals surface area contributed by atoms with Crippen LogP contribution in [0.25, 0.3) is 0 Å². The van der Waals surface area contributed by atoms with Crippen molar-refractivity contribution in [1.82, 2.24) is 14.8 Å². The lowest BCUT2D eigenvalue weighted by Gasteiger charge is -2.07. The molecule has 1 N–H and O–H groups in total. The van der Waals surface area contributed by atoms with Gasteiger partial charge in [0.05, 0.1) is 11.1 Å². The summed E-state index contributed by atoms with van der Waals surface area (Å²) in [6.07, 6.45) is 1.31. The minimum absolute atomic E-state index is 0.113. The van der Waals surface area contributed by atoms with E-state index >= 15 is 0 Å². The van der Waals surface area contributed by atoms with Crippen molar-refractivity contribution in [2.45, 2.75) is 34.9 Å². The van der Waals surface area contributed by atoms with Gasteiger partial charge in [-0.2, -0.15) is 18.3 Å². The van der Waals surface area contributed by atoms with Crippen molar-refractivity contribution in [1.29, 1.82) is 0 Å². The molecule has 1 aromatic carbocycles. The summed E-state index contributed by atoms with van der Waals surface area (Å²) in [7, 11) is -4.04. The van der Waals surface area contributed by atoms with E-state index in [4.69, 9.17) is 0 Å². The number of carbonyl (C=O) groups excluding carboxylic acids is 1. The summed E-state index contributed by atoms with van der Waals surface area (Å²) in [5, 5.41) is 6.22. The molecule has 162 valence electrons. The number of hydrogen-bond acceptors (Lipinski definition) is 5. The second-order valence-corrected chi connectivity index (χ2v) is 9.19. The molecule has 4 rings (SSSR count). The molecule has 2 heterocycles. The summed E-state index contributed by atoms with van der Waals surface area (Å²) >= 11 is 0. The van der Waals surface area contributed by atoms with Crippen molar-refractivity contribution >= 4 is 21.4 Å². The van der Waals surface area contributed by atoms with Crippen LogP contribution in [-0.2, 0) is 21.2 Å². The Hall–Kier alpha value is -3.21. The van der Waals surface area contributed by atoms with Crippen molar-refractivity contribution < 1.29 is 26.4 Å². The standard InChI is InChI=1S/C20H17F3N4O3S/c21-20(22,23)12-27-11-16(10-25-27)31(29,30)15-5-3-14(4-6-15)26-19(28)18-8-17(18)13-2-1-7-24-9-13/h1-7,9-11,17-18H,8,12H2,(H,26,28). The summed E-state index contributed by atoms with van der Waals surface area (Å²) in [5.41, 5.74) is 1.42. The number of amides is 1. The molecule has 2 aromatic heterocycles. The Bertz CT molecular complexity index is 1190. The predicted molar refractivity (Wildman–Crippen MR) is 104 cm³/mol. The quantitative estimate of drug-likeness (QED) is 0.621. The zero-order valence-electron chi connectivity index (χ0n) is 16.0. The SMILES string of the molecule is O=C(Nc1ccc(S(=O)(=O)c2cnn(CC(F)(F)F)c2)cc1)C1CC1c1cccnc1. The van der Waals surface area contributed by atoms with Crippen LogP contribution in [-0.4, -0.2) is 35.3 Å². The average molecular weight is 450 g/mol. The summed E-state index contributed by atoms with van der Waals surface area (Å²) in [4.78, 5) is 16.0. The lowest BCUT2D eigenvalue weighted by molar-refractivity contribution is -0.142. The lowest BCUT2D eigenvalue weighted by Crippen LogP contribution is -2.17. The highest BCUT2D eigenvalue weighted by Gasteiger charge is 2.44. The van der Waals surface area contributed by atoms with E-state index in [1.54, 1.807) is 12.4 Å². The van der Waals surface area contributed by atoms with Crippen molar-refractivity contribution in [3.05, 3.63) is 66.7 Å². The molecule has 1 aliphatic rings. The van der Waals surface area contributed by atoms with Gasteiger partial charge in [-0.05, 0) is 48.2 Å². The van der Waals surface area contributed by atoms with Crippen LogP contribution in [0, 0.1) is 5.92 Å². The number of carbonyl (C=O) groups is 1. The van der Waals surface area contributed by atoms with Crippen LogP contribution < -0.4 is 5.32 Å². The molecule has 11 heteroatoms. The summed E-state index contributed by atoms with van der Waals surface area (Å²) in [6, 6.07) is 9.18. The van der Waals surface area contributed by atoms with Crippen LogP contribution in [0.2, 0.25) is 0 Å². The number of rotatable bonds is 6. The molecule has 1 aliphatic carbocycles. The monoisotopic (exact) mass is 450 g/mol. The Morgan fingerprint density at radius 3 is 2.52 bits per heavy atom. The first-order chi connectivity index (χ1) is 14.6. The van der Waals surface area contributed by atoms with Crippen LogP contribution in [0.3, 0.4) is 0 Å². The van der Waals surface area contributed by atoms with Gasteiger partial charge >= 0.3 is 6.18 Å². The summed E-state index contributed by atoms with van der Waals surface area (Å²) in [5.74, 6) is -0.230. The summed E-state index contributed by atoms with van der Waals surface area (Å²) < 4.78 is 63.2.